The Balaban J connectivity index is 1.52. The first-order valence-corrected chi connectivity index (χ1v) is 14.9. The van der Waals surface area contributed by atoms with E-state index in [0.29, 0.717) is 5.56 Å². The van der Waals surface area contributed by atoms with Gasteiger partial charge in [0.15, 0.2) is 34.7 Å². The number of Topliss-reactive ketones (excluding diaryl/α,β-unsaturated/α-hetero) is 4. The zero-order chi connectivity index (χ0) is 31.6. The van der Waals surface area contributed by atoms with Crippen LogP contribution in [0, 0.1) is 29.1 Å². The number of fused-ring (bicyclic) bond motifs is 3. The molecule has 3 aliphatic rings. The largest absolute Gasteiger partial charge is 0.507 e. The lowest BCUT2D eigenvalue weighted by Gasteiger charge is -2.52. The number of phenolic OH excluding ortho intramolecular Hbond substituents is 1. The molecular weight excluding hydrogens is 548 g/mol. The molecule has 3 aliphatic carbocycles. The molecule has 9 nitrogen and oxygen atoms in total. The average Bonchev–Trinajstić information content (AvgIpc) is 2.90. The third kappa shape index (κ3) is 5.02. The molecule has 4 N–H and O–H groups in total. The number of carbonyl (C=O) groups excluding carboxylic acids is 5. The molecule has 2 aromatic carbocycles. The SMILES string of the molecule is CN(C)C1C(=O)C(C(N)=O)C(=O)[C@]2(O)C(=O)C3C(=O)c4c(O)ccc(-c5ccc(CCCC(C)(C)C)cc5)c4C[C@@H]3C[C@H]12. The normalized spacial score (nSPS) is 28.9. The molecule has 0 radical (unpaired) electrons. The summed E-state index contributed by atoms with van der Waals surface area (Å²) in [6.07, 6.45) is 3.36. The smallest absolute Gasteiger partial charge is 0.235 e. The second-order valence-corrected chi connectivity index (χ2v) is 13.9. The van der Waals surface area contributed by atoms with Crippen molar-refractivity contribution in [1.82, 2.24) is 4.90 Å². The van der Waals surface area contributed by atoms with E-state index >= 15 is 0 Å². The van der Waals surface area contributed by atoms with Crippen molar-refractivity contribution in [3.8, 4) is 16.9 Å². The first kappa shape index (κ1) is 30.8. The number of aliphatic hydroxyl groups is 1. The van der Waals surface area contributed by atoms with Crippen molar-refractivity contribution in [3.63, 3.8) is 0 Å². The summed E-state index contributed by atoms with van der Waals surface area (Å²) >= 11 is 0. The van der Waals surface area contributed by atoms with Crippen LogP contribution in [0.2, 0.25) is 0 Å². The monoisotopic (exact) mass is 588 g/mol. The quantitative estimate of drug-likeness (QED) is 0.435. The van der Waals surface area contributed by atoms with Crippen LogP contribution in [-0.2, 0) is 32.0 Å². The predicted octanol–water partition coefficient (Wildman–Crippen LogP) is 2.90. The molecule has 9 heteroatoms. The van der Waals surface area contributed by atoms with Crippen LogP contribution < -0.4 is 5.73 Å². The fourth-order valence-corrected chi connectivity index (χ4v) is 7.55. The molecule has 2 saturated carbocycles. The highest BCUT2D eigenvalue weighted by Crippen LogP contribution is 2.51. The third-order valence-electron chi connectivity index (χ3n) is 9.60. The van der Waals surface area contributed by atoms with E-state index in [1.54, 1.807) is 20.2 Å². The standard InChI is InChI=1S/C34H40N2O7/c1-33(2,3)14-6-7-17-8-10-18(11-9-17)20-12-13-23(37)25-21(20)15-19-16-22-27(36(4)5)29(39)26(32(35)42)31(41)34(22,43)30(40)24(19)28(25)38/h8-13,19,22,24,26-27,37,43H,6-7,14-16H2,1-5H3,(H2,35,42)/t19-,22-,24?,26?,27?,34-/m1/s1. The van der Waals surface area contributed by atoms with E-state index in [0.717, 1.165) is 30.4 Å². The molecule has 0 spiro atoms. The highest BCUT2D eigenvalue weighted by atomic mass is 16.3. The molecule has 0 heterocycles. The highest BCUT2D eigenvalue weighted by molar-refractivity contribution is 6.32. The molecule has 228 valence electrons. The summed E-state index contributed by atoms with van der Waals surface area (Å²) in [6, 6.07) is 10.2. The van der Waals surface area contributed by atoms with Crippen LogP contribution in [0.5, 0.6) is 5.75 Å². The number of carbonyl (C=O) groups is 5. The minimum absolute atomic E-state index is 0.00153. The summed E-state index contributed by atoms with van der Waals surface area (Å²) in [5, 5.41) is 22.5. The van der Waals surface area contributed by atoms with Gasteiger partial charge in [0.25, 0.3) is 0 Å². The van der Waals surface area contributed by atoms with Crippen LogP contribution in [0.15, 0.2) is 36.4 Å². The average molecular weight is 589 g/mol. The maximum absolute atomic E-state index is 14.0. The van der Waals surface area contributed by atoms with Gasteiger partial charge in [0.2, 0.25) is 5.91 Å². The summed E-state index contributed by atoms with van der Waals surface area (Å²) in [7, 11) is 3.13. The molecule has 3 unspecified atom stereocenters. The van der Waals surface area contributed by atoms with Crippen LogP contribution in [0.25, 0.3) is 11.1 Å². The first-order valence-electron chi connectivity index (χ1n) is 14.9. The second-order valence-electron chi connectivity index (χ2n) is 13.9. The Morgan fingerprint density at radius 2 is 1.67 bits per heavy atom. The van der Waals surface area contributed by atoms with E-state index in [1.165, 1.54) is 16.5 Å². The number of aromatic hydroxyl groups is 1. The van der Waals surface area contributed by atoms with Gasteiger partial charge in [-0.15, -0.1) is 0 Å². The van der Waals surface area contributed by atoms with Gasteiger partial charge in [0.1, 0.15) is 5.75 Å². The minimum atomic E-state index is -2.73. The van der Waals surface area contributed by atoms with Crippen molar-refractivity contribution >= 4 is 29.0 Å². The first-order chi connectivity index (χ1) is 20.1. The molecule has 2 fully saturated rings. The maximum atomic E-state index is 14.0. The van der Waals surface area contributed by atoms with E-state index in [9.17, 15) is 34.2 Å². The third-order valence-corrected chi connectivity index (χ3v) is 9.60. The number of hydrogen-bond acceptors (Lipinski definition) is 8. The number of aryl methyl sites for hydroxylation is 1. The minimum Gasteiger partial charge on any atom is -0.507 e. The Kier molecular flexibility index (Phi) is 7.72. The lowest BCUT2D eigenvalue weighted by molar-refractivity contribution is -0.181. The molecule has 5 rings (SSSR count). The van der Waals surface area contributed by atoms with E-state index in [4.69, 9.17) is 5.73 Å². The molecule has 0 aromatic heterocycles. The Hall–Kier alpha value is -3.69. The van der Waals surface area contributed by atoms with Crippen molar-refractivity contribution in [2.45, 2.75) is 64.5 Å². The molecule has 0 saturated heterocycles. The van der Waals surface area contributed by atoms with Gasteiger partial charge in [-0.25, -0.2) is 0 Å². The number of hydrogen-bond donors (Lipinski definition) is 3. The number of benzene rings is 2. The van der Waals surface area contributed by atoms with Crippen LogP contribution in [0.1, 0.15) is 61.5 Å². The van der Waals surface area contributed by atoms with Gasteiger partial charge >= 0.3 is 0 Å². The zero-order valence-electron chi connectivity index (χ0n) is 25.3. The fourth-order valence-electron chi connectivity index (χ4n) is 7.55. The number of amides is 1. The van der Waals surface area contributed by atoms with Gasteiger partial charge in [-0.2, -0.15) is 0 Å². The Morgan fingerprint density at radius 1 is 1.02 bits per heavy atom. The molecule has 0 aliphatic heterocycles. The predicted molar refractivity (Wildman–Crippen MR) is 159 cm³/mol. The zero-order valence-corrected chi connectivity index (χ0v) is 25.3. The van der Waals surface area contributed by atoms with Crippen LogP contribution in [0.3, 0.4) is 0 Å². The van der Waals surface area contributed by atoms with Crippen LogP contribution >= 0.6 is 0 Å². The van der Waals surface area contributed by atoms with E-state index < -0.39 is 64.4 Å². The Labute approximate surface area is 251 Å². The lowest BCUT2D eigenvalue weighted by atomic mass is 9.52. The number of phenols is 1. The van der Waals surface area contributed by atoms with Crippen molar-refractivity contribution < 1.29 is 34.2 Å². The number of nitrogens with zero attached hydrogens (tertiary/aromatic N) is 1. The highest BCUT2D eigenvalue weighted by Gasteiger charge is 2.69. The number of likely N-dealkylation sites (N-methyl/N-ethyl adjacent to an activating group) is 1. The molecule has 6 atom stereocenters. The summed E-state index contributed by atoms with van der Waals surface area (Å²) in [4.78, 5) is 68.3. The molecule has 43 heavy (non-hydrogen) atoms. The molecule has 1 amide bonds. The summed E-state index contributed by atoms with van der Waals surface area (Å²) in [5.41, 5.74) is 6.32. The summed E-state index contributed by atoms with van der Waals surface area (Å²) in [6.45, 7) is 6.66. The van der Waals surface area contributed by atoms with Crippen molar-refractivity contribution in [3.05, 3.63) is 53.1 Å². The number of nitrogens with two attached hydrogens (primary N) is 1. The number of rotatable bonds is 6. The molecular formula is C34H40N2O7. The lowest BCUT2D eigenvalue weighted by Crippen LogP contribution is -2.74. The number of ketones is 4. The molecule has 0 bridgehead atoms. The van der Waals surface area contributed by atoms with Crippen molar-refractivity contribution in [2.75, 3.05) is 14.1 Å². The Bertz CT molecular complexity index is 1520. The van der Waals surface area contributed by atoms with E-state index in [1.807, 2.05) is 12.1 Å². The fraction of sp³-hybridized carbons (Fsp3) is 0.500. The van der Waals surface area contributed by atoms with Gasteiger partial charge in [-0.05, 0) is 85.9 Å². The van der Waals surface area contributed by atoms with Gasteiger partial charge in [-0.1, -0.05) is 51.1 Å². The summed E-state index contributed by atoms with van der Waals surface area (Å²) in [5.74, 6) is -10.4. The topological polar surface area (TPSA) is 155 Å². The van der Waals surface area contributed by atoms with Crippen molar-refractivity contribution in [1.29, 1.82) is 0 Å². The van der Waals surface area contributed by atoms with Gasteiger partial charge in [-0.3, -0.25) is 28.9 Å². The summed E-state index contributed by atoms with van der Waals surface area (Å²) < 4.78 is 0. The van der Waals surface area contributed by atoms with Crippen molar-refractivity contribution in [2.24, 2.45) is 34.8 Å². The van der Waals surface area contributed by atoms with Crippen LogP contribution in [0.4, 0.5) is 0 Å². The van der Waals surface area contributed by atoms with Crippen LogP contribution in [-0.4, -0.2) is 69.9 Å². The van der Waals surface area contributed by atoms with Gasteiger partial charge in [0, 0.05) is 5.92 Å². The molecule has 2 aromatic rings. The second kappa shape index (κ2) is 10.8. The van der Waals surface area contributed by atoms with E-state index in [2.05, 4.69) is 32.9 Å². The van der Waals surface area contributed by atoms with E-state index in [-0.39, 0.29) is 29.6 Å². The maximum Gasteiger partial charge on any atom is 0.235 e. The van der Waals surface area contributed by atoms with Gasteiger partial charge < -0.3 is 15.9 Å². The Morgan fingerprint density at radius 3 is 2.26 bits per heavy atom. The number of primary amides is 1. The van der Waals surface area contributed by atoms with Gasteiger partial charge in [0.05, 0.1) is 17.5 Å².